The Labute approximate surface area is 421 Å². The first kappa shape index (κ1) is 60.2. The minimum Gasteiger partial charge on any atom is -0.457 e. The number of hydrogen-bond acceptors (Lipinski definition) is 19. The lowest BCUT2D eigenvalue weighted by Crippen LogP contribution is -2.66. The number of aliphatic hydroxyl groups is 7. The highest BCUT2D eigenvalue weighted by atomic mass is 16.8. The maximum absolute atomic E-state index is 13.5. The summed E-state index contributed by atoms with van der Waals surface area (Å²) in [7, 11) is 0. The number of aliphatic hydroxyl groups excluding tert-OH is 7. The SMILES string of the molecule is CCCCCCCCCCCC(=O)O[C@@H]1[C@@H](O)[C@@H](O)[C@H](O[C@@H]2[C@@H](O)[C@@H](O)[C@H](O[C@@H]3[C@H]4OC(=O)CCCCCCCCC[C@H](CCCCC)O[C@@H]5O[C@H](C)[C@H](O)[C@H](O)[C@H]5O[C@H](O[C@H]3C)[C@@H]4O)O[C@H]2C)O[C@H]1C. The minimum absolute atomic E-state index is 0.0492. The molecular weight excluding hydrogens is 929 g/mol. The van der Waals surface area contributed by atoms with Crippen LogP contribution in [0.15, 0.2) is 0 Å². The predicted octanol–water partition coefficient (Wildman–Crippen LogP) is 4.88. The second kappa shape index (κ2) is 30.8. The summed E-state index contributed by atoms with van der Waals surface area (Å²) in [6, 6.07) is 0. The minimum atomic E-state index is -1.81. The molecule has 5 fully saturated rings. The molecule has 7 N–H and O–H groups in total. The molecule has 21 atom stereocenters. The van der Waals surface area contributed by atoms with Gasteiger partial charge in [0.05, 0.1) is 30.5 Å². The first-order chi connectivity index (χ1) is 34.1. The summed E-state index contributed by atoms with van der Waals surface area (Å²) in [5.41, 5.74) is 0. The Balaban J connectivity index is 1.23. The number of fused-ring (bicyclic) bond motifs is 3. The lowest BCUT2D eigenvalue weighted by Gasteiger charge is -2.49. The predicted molar refractivity (Wildman–Crippen MR) is 256 cm³/mol. The van der Waals surface area contributed by atoms with Gasteiger partial charge in [0.25, 0.3) is 0 Å². The smallest absolute Gasteiger partial charge is 0.306 e. The third-order valence-electron chi connectivity index (χ3n) is 14.8. The molecule has 0 spiro atoms. The molecule has 0 saturated carbocycles. The molecule has 0 radical (unpaired) electrons. The topological polar surface area (TPSA) is 268 Å². The van der Waals surface area contributed by atoms with E-state index in [2.05, 4.69) is 13.8 Å². The first-order valence-corrected chi connectivity index (χ1v) is 27.4. The molecule has 0 aliphatic carbocycles. The van der Waals surface area contributed by atoms with Crippen LogP contribution in [-0.2, 0) is 57.0 Å². The van der Waals surface area contributed by atoms with Gasteiger partial charge in [-0.1, -0.05) is 123 Å². The molecule has 0 aromatic heterocycles. The van der Waals surface area contributed by atoms with Crippen LogP contribution in [0.2, 0.25) is 0 Å². The van der Waals surface area contributed by atoms with E-state index in [1.165, 1.54) is 39.0 Å². The summed E-state index contributed by atoms with van der Waals surface area (Å²) in [5.74, 6) is -1.14. The molecule has 0 unspecified atom stereocenters. The van der Waals surface area contributed by atoms with Crippen LogP contribution in [0.5, 0.6) is 0 Å². The largest absolute Gasteiger partial charge is 0.457 e. The van der Waals surface area contributed by atoms with Crippen molar-refractivity contribution in [3.8, 4) is 0 Å². The summed E-state index contributed by atoms with van der Waals surface area (Å²) < 4.78 is 60.9. The van der Waals surface area contributed by atoms with E-state index in [1.807, 2.05) is 0 Å². The van der Waals surface area contributed by atoms with Gasteiger partial charge in [-0.25, -0.2) is 0 Å². The van der Waals surface area contributed by atoms with Gasteiger partial charge in [-0.2, -0.15) is 0 Å². The van der Waals surface area contributed by atoms with Crippen molar-refractivity contribution in [1.29, 1.82) is 0 Å². The van der Waals surface area contributed by atoms with E-state index < -0.39 is 135 Å². The van der Waals surface area contributed by atoms with Crippen molar-refractivity contribution < 1.29 is 92.7 Å². The van der Waals surface area contributed by atoms with Gasteiger partial charge in [-0.15, -0.1) is 0 Å². The molecular formula is C52H92O19. The lowest BCUT2D eigenvalue weighted by atomic mass is 9.96. The fraction of sp³-hybridized carbons (Fsp3) is 0.962. The number of rotatable bonds is 19. The molecule has 5 aliphatic heterocycles. The standard InChI is InChI=1S/C52H92O19/c1-7-9-11-12-13-14-17-20-24-28-35(53)67-44-31(4)63-49(41(59)39(44)57)69-45-32(5)64-50(42(60)40(45)58)70-46-33(6)65-51-43(61)47(46)68-36(54)29-25-21-18-15-16-19-23-27-34(26-22-10-8-2)66-52-48(71-51)38(56)37(55)30(3)62-52/h30-34,37-52,55-61H,7-29H2,1-6H3/t30-,31+,32+,33+,34+,37+,38+,39+,40+,41-,42-,43-,44+,45+,46+,47+,48-,49+,50+,51+,52+/m1/s1. The van der Waals surface area contributed by atoms with Gasteiger partial charge in [0, 0.05) is 12.8 Å². The van der Waals surface area contributed by atoms with Crippen LogP contribution >= 0.6 is 0 Å². The Morgan fingerprint density at radius 2 is 1.01 bits per heavy atom. The Morgan fingerprint density at radius 3 is 1.66 bits per heavy atom. The van der Waals surface area contributed by atoms with Crippen molar-refractivity contribution in [2.75, 3.05) is 0 Å². The molecule has 0 aromatic carbocycles. The lowest BCUT2D eigenvalue weighted by molar-refractivity contribution is -0.387. The summed E-state index contributed by atoms with van der Waals surface area (Å²) in [4.78, 5) is 26.2. The average Bonchev–Trinajstić information content (AvgIpc) is 3.33. The Morgan fingerprint density at radius 1 is 0.493 bits per heavy atom. The normalized spacial score (nSPS) is 41.4. The Kier molecular flexibility index (Phi) is 26.1. The van der Waals surface area contributed by atoms with Crippen molar-refractivity contribution in [2.24, 2.45) is 0 Å². The van der Waals surface area contributed by atoms with Crippen molar-refractivity contribution in [1.82, 2.24) is 0 Å². The first-order valence-electron chi connectivity index (χ1n) is 27.4. The third-order valence-corrected chi connectivity index (χ3v) is 14.8. The van der Waals surface area contributed by atoms with E-state index in [-0.39, 0.29) is 18.9 Å². The van der Waals surface area contributed by atoms with Crippen LogP contribution < -0.4 is 0 Å². The maximum atomic E-state index is 13.5. The zero-order valence-corrected chi connectivity index (χ0v) is 43.4. The molecule has 0 amide bonds. The Hall–Kier alpha value is -1.66. The van der Waals surface area contributed by atoms with Crippen molar-refractivity contribution >= 4 is 11.9 Å². The third kappa shape index (κ3) is 17.7. The van der Waals surface area contributed by atoms with Gasteiger partial charge in [-0.3, -0.25) is 9.59 Å². The molecule has 19 heteroatoms. The van der Waals surface area contributed by atoms with Gasteiger partial charge < -0.3 is 83.1 Å². The zero-order valence-electron chi connectivity index (χ0n) is 43.4. The molecule has 5 heterocycles. The molecule has 5 saturated heterocycles. The molecule has 5 rings (SSSR count). The van der Waals surface area contributed by atoms with E-state index in [0.29, 0.717) is 12.8 Å². The van der Waals surface area contributed by atoms with Crippen molar-refractivity contribution in [3.05, 3.63) is 0 Å². The summed E-state index contributed by atoms with van der Waals surface area (Å²) >= 11 is 0. The second-order valence-electron chi connectivity index (χ2n) is 20.8. The fourth-order valence-corrected chi connectivity index (χ4v) is 10.4. The number of carbonyl (C=O) groups excluding carboxylic acids is 2. The number of unbranched alkanes of at least 4 members (excludes halogenated alkanes) is 10. The van der Waals surface area contributed by atoms with Gasteiger partial charge in [0.1, 0.15) is 61.0 Å². The van der Waals surface area contributed by atoms with Crippen LogP contribution in [0.1, 0.15) is 189 Å². The molecule has 71 heavy (non-hydrogen) atoms. The van der Waals surface area contributed by atoms with Crippen molar-refractivity contribution in [2.45, 2.75) is 318 Å². The van der Waals surface area contributed by atoms with Gasteiger partial charge in [0.15, 0.2) is 37.4 Å². The van der Waals surface area contributed by atoms with E-state index in [4.69, 9.17) is 47.4 Å². The molecule has 19 nitrogen and oxygen atoms in total. The summed E-state index contributed by atoms with van der Waals surface area (Å²) in [6.07, 6.45) is -7.27. The summed E-state index contributed by atoms with van der Waals surface area (Å²) in [5, 5.41) is 79.6. The monoisotopic (exact) mass is 1020 g/mol. The molecule has 414 valence electrons. The molecule has 2 bridgehead atoms. The van der Waals surface area contributed by atoms with Gasteiger partial charge in [-0.05, 0) is 53.4 Å². The van der Waals surface area contributed by atoms with E-state index in [9.17, 15) is 45.3 Å². The molecule has 5 aliphatic rings. The van der Waals surface area contributed by atoms with Crippen LogP contribution in [0.25, 0.3) is 0 Å². The summed E-state index contributed by atoms with van der Waals surface area (Å²) in [6.45, 7) is 10.6. The molecule has 0 aromatic rings. The van der Waals surface area contributed by atoms with Crippen molar-refractivity contribution in [3.63, 3.8) is 0 Å². The van der Waals surface area contributed by atoms with Crippen LogP contribution in [0.3, 0.4) is 0 Å². The Bertz CT molecular complexity index is 1510. The second-order valence-corrected chi connectivity index (χ2v) is 20.8. The highest BCUT2D eigenvalue weighted by molar-refractivity contribution is 5.70. The van der Waals surface area contributed by atoms with Crippen LogP contribution in [-0.4, -0.2) is 177 Å². The number of esters is 2. The fourth-order valence-electron chi connectivity index (χ4n) is 10.4. The van der Waals surface area contributed by atoms with Crippen LogP contribution in [0, 0.1) is 0 Å². The van der Waals surface area contributed by atoms with E-state index in [1.54, 1.807) is 20.8 Å². The number of ether oxygens (including phenoxy) is 10. The number of carbonyl (C=O) groups is 2. The highest BCUT2D eigenvalue weighted by Crippen LogP contribution is 2.36. The van der Waals surface area contributed by atoms with Gasteiger partial charge >= 0.3 is 11.9 Å². The van der Waals surface area contributed by atoms with E-state index in [0.717, 1.165) is 89.9 Å². The van der Waals surface area contributed by atoms with E-state index >= 15 is 0 Å². The number of hydrogen-bond donors (Lipinski definition) is 7. The maximum Gasteiger partial charge on any atom is 0.306 e. The zero-order chi connectivity index (χ0) is 51.6. The quantitative estimate of drug-likeness (QED) is 0.0671. The highest BCUT2D eigenvalue weighted by Gasteiger charge is 2.55. The van der Waals surface area contributed by atoms with Gasteiger partial charge in [0.2, 0.25) is 0 Å². The average molecular weight is 1020 g/mol. The van der Waals surface area contributed by atoms with Crippen LogP contribution in [0.4, 0.5) is 0 Å².